The average molecular weight is 580 g/mol. The Hall–Kier alpha value is -5.24. The van der Waals surface area contributed by atoms with Crippen LogP contribution in [0.15, 0.2) is 90.5 Å². The van der Waals surface area contributed by atoms with Gasteiger partial charge in [0.2, 0.25) is 5.75 Å². The number of rotatable bonds is 9. The van der Waals surface area contributed by atoms with Gasteiger partial charge in [-0.15, -0.1) is 0 Å². The lowest BCUT2D eigenvalue weighted by Crippen LogP contribution is -2.30. The largest absolute Gasteiger partial charge is 0.507 e. The molecule has 0 radical (unpaired) electrons. The number of anilines is 1. The van der Waals surface area contributed by atoms with Crippen molar-refractivity contribution in [2.75, 3.05) is 26.2 Å². The fourth-order valence-corrected chi connectivity index (χ4v) is 5.34. The number of ether oxygens (including phenoxy) is 4. The van der Waals surface area contributed by atoms with Crippen LogP contribution in [0.25, 0.3) is 5.76 Å². The van der Waals surface area contributed by atoms with E-state index in [0.29, 0.717) is 46.4 Å². The molecule has 0 aliphatic carbocycles. The van der Waals surface area contributed by atoms with Crippen molar-refractivity contribution in [2.24, 2.45) is 0 Å². The maximum atomic E-state index is 13.7. The Morgan fingerprint density at radius 3 is 2.02 bits per heavy atom. The van der Waals surface area contributed by atoms with Gasteiger partial charge < -0.3 is 24.1 Å². The number of Topliss-reactive ketones (excluding diaryl/α,β-unsaturated/α-hetero) is 1. The molecule has 4 aromatic carbocycles. The highest BCUT2D eigenvalue weighted by atomic mass is 16.5. The second-order valence-electron chi connectivity index (χ2n) is 10.2. The van der Waals surface area contributed by atoms with Crippen LogP contribution in [-0.4, -0.2) is 38.1 Å². The Bertz CT molecular complexity index is 1690. The van der Waals surface area contributed by atoms with Crippen LogP contribution >= 0.6 is 0 Å². The monoisotopic (exact) mass is 579 g/mol. The van der Waals surface area contributed by atoms with E-state index in [4.69, 9.17) is 18.9 Å². The summed E-state index contributed by atoms with van der Waals surface area (Å²) in [6.07, 6.45) is 0. The minimum Gasteiger partial charge on any atom is -0.507 e. The first-order valence-corrected chi connectivity index (χ1v) is 13.7. The molecule has 1 heterocycles. The first kappa shape index (κ1) is 29.3. The molecule has 43 heavy (non-hydrogen) atoms. The Labute approximate surface area is 250 Å². The average Bonchev–Trinajstić information content (AvgIpc) is 3.29. The van der Waals surface area contributed by atoms with Crippen molar-refractivity contribution < 1.29 is 33.6 Å². The van der Waals surface area contributed by atoms with Crippen molar-refractivity contribution in [3.63, 3.8) is 0 Å². The Morgan fingerprint density at radius 2 is 1.42 bits per heavy atom. The number of carbonyl (C=O) groups excluding carboxylic acids is 2. The van der Waals surface area contributed by atoms with Gasteiger partial charge >= 0.3 is 0 Å². The molecular weight excluding hydrogens is 546 g/mol. The Morgan fingerprint density at radius 1 is 0.767 bits per heavy atom. The molecule has 1 aliphatic rings. The molecule has 1 N–H and O–H groups in total. The van der Waals surface area contributed by atoms with Crippen molar-refractivity contribution in [3.8, 4) is 23.0 Å². The van der Waals surface area contributed by atoms with Crippen molar-refractivity contribution in [1.82, 2.24) is 0 Å². The molecule has 8 heteroatoms. The van der Waals surface area contributed by atoms with Gasteiger partial charge in [0, 0.05) is 11.3 Å². The van der Waals surface area contributed by atoms with E-state index in [2.05, 4.69) is 0 Å². The third-order valence-electron chi connectivity index (χ3n) is 7.51. The van der Waals surface area contributed by atoms with E-state index in [1.54, 1.807) is 42.5 Å². The van der Waals surface area contributed by atoms with E-state index < -0.39 is 17.7 Å². The lowest BCUT2D eigenvalue weighted by atomic mass is 9.93. The predicted molar refractivity (Wildman–Crippen MR) is 164 cm³/mol. The zero-order valence-corrected chi connectivity index (χ0v) is 24.7. The van der Waals surface area contributed by atoms with E-state index in [1.165, 1.54) is 26.2 Å². The molecule has 0 spiro atoms. The molecule has 1 aliphatic heterocycles. The maximum Gasteiger partial charge on any atom is 0.300 e. The normalized spacial score (nSPS) is 15.8. The number of aryl methyl sites for hydroxylation is 2. The molecule has 1 atom stereocenters. The summed E-state index contributed by atoms with van der Waals surface area (Å²) in [5, 5.41) is 11.7. The van der Waals surface area contributed by atoms with E-state index >= 15 is 0 Å². The highest BCUT2D eigenvalue weighted by Gasteiger charge is 2.48. The summed E-state index contributed by atoms with van der Waals surface area (Å²) in [6.45, 7) is 4.10. The topological polar surface area (TPSA) is 94.5 Å². The lowest BCUT2D eigenvalue weighted by Gasteiger charge is -2.27. The smallest absolute Gasteiger partial charge is 0.300 e. The summed E-state index contributed by atoms with van der Waals surface area (Å²) in [7, 11) is 4.47. The van der Waals surface area contributed by atoms with Gasteiger partial charge in [-0.25, -0.2) is 0 Å². The molecule has 220 valence electrons. The number of hydrogen-bond donors (Lipinski definition) is 1. The number of aliphatic hydroxyl groups is 1. The van der Waals surface area contributed by atoms with Gasteiger partial charge in [-0.1, -0.05) is 48.5 Å². The van der Waals surface area contributed by atoms with Crippen LogP contribution in [0, 0.1) is 13.8 Å². The van der Waals surface area contributed by atoms with Gasteiger partial charge in [0.25, 0.3) is 11.7 Å². The number of para-hydroxylation sites is 1. The van der Waals surface area contributed by atoms with Crippen molar-refractivity contribution in [3.05, 3.63) is 118 Å². The minimum atomic E-state index is -0.982. The van der Waals surface area contributed by atoms with Crippen LogP contribution < -0.4 is 23.8 Å². The van der Waals surface area contributed by atoms with Crippen molar-refractivity contribution in [1.29, 1.82) is 0 Å². The predicted octanol–water partition coefficient (Wildman–Crippen LogP) is 6.53. The number of hydrogen-bond acceptors (Lipinski definition) is 7. The summed E-state index contributed by atoms with van der Waals surface area (Å²) in [5.41, 5.74) is 3.94. The van der Waals surface area contributed by atoms with Crippen LogP contribution in [0.5, 0.6) is 23.0 Å². The number of aliphatic hydroxyl groups excluding tert-OH is 1. The molecule has 4 aromatic rings. The highest BCUT2D eigenvalue weighted by Crippen LogP contribution is 2.47. The van der Waals surface area contributed by atoms with Crippen LogP contribution in [0.4, 0.5) is 5.69 Å². The van der Waals surface area contributed by atoms with Gasteiger partial charge in [-0.05, 0) is 72.5 Å². The van der Waals surface area contributed by atoms with Gasteiger partial charge in [0.05, 0.1) is 32.9 Å². The Kier molecular flexibility index (Phi) is 8.39. The number of benzene rings is 4. The lowest BCUT2D eigenvalue weighted by molar-refractivity contribution is -0.132. The fraction of sp³-hybridized carbons (Fsp3) is 0.200. The van der Waals surface area contributed by atoms with Crippen LogP contribution in [-0.2, 0) is 16.2 Å². The van der Waals surface area contributed by atoms with Gasteiger partial charge in [0.1, 0.15) is 18.1 Å². The second kappa shape index (κ2) is 12.3. The standard InChI is InChI=1S/C35H33NO7/c1-21-11-9-10-14-26(21)36-31(25-18-28(40-3)34(42-5)29(19-25)41-4)30(33(38)35(36)39)32(37)24-15-16-27(22(2)17-24)43-20-23-12-7-6-8-13-23/h6-19,31,37H,20H2,1-5H3/b32-30+. The third kappa shape index (κ3) is 5.51. The summed E-state index contributed by atoms with van der Waals surface area (Å²) in [5.74, 6) is -0.155. The Balaban J connectivity index is 1.64. The van der Waals surface area contributed by atoms with E-state index in [-0.39, 0.29) is 11.3 Å². The zero-order valence-electron chi connectivity index (χ0n) is 24.7. The number of carbonyl (C=O) groups is 2. The van der Waals surface area contributed by atoms with E-state index in [0.717, 1.165) is 16.7 Å². The zero-order chi connectivity index (χ0) is 30.7. The molecule has 1 unspecified atom stereocenters. The van der Waals surface area contributed by atoms with Crippen molar-refractivity contribution >= 4 is 23.1 Å². The number of ketones is 1. The summed E-state index contributed by atoms with van der Waals surface area (Å²) in [6, 6.07) is 24.6. The minimum absolute atomic E-state index is 0.0557. The van der Waals surface area contributed by atoms with E-state index in [1.807, 2.05) is 56.3 Å². The van der Waals surface area contributed by atoms with Gasteiger partial charge in [-0.2, -0.15) is 0 Å². The molecule has 8 nitrogen and oxygen atoms in total. The van der Waals surface area contributed by atoms with Crippen LogP contribution in [0.3, 0.4) is 0 Å². The molecular formula is C35H33NO7. The van der Waals surface area contributed by atoms with Gasteiger partial charge in [0.15, 0.2) is 11.5 Å². The molecule has 1 amide bonds. The molecule has 1 fully saturated rings. The SMILES string of the molecule is COc1cc(C2/C(=C(\O)c3ccc(OCc4ccccc4)c(C)c3)C(=O)C(=O)N2c2ccccc2C)cc(OC)c1OC. The molecule has 5 rings (SSSR count). The number of amides is 1. The molecule has 0 saturated carbocycles. The summed E-state index contributed by atoms with van der Waals surface area (Å²) < 4.78 is 22.7. The van der Waals surface area contributed by atoms with Gasteiger partial charge in [-0.3, -0.25) is 14.5 Å². The third-order valence-corrected chi connectivity index (χ3v) is 7.51. The molecule has 1 saturated heterocycles. The second-order valence-corrected chi connectivity index (χ2v) is 10.2. The summed E-state index contributed by atoms with van der Waals surface area (Å²) >= 11 is 0. The molecule has 0 bridgehead atoms. The molecule has 0 aromatic heterocycles. The van der Waals surface area contributed by atoms with Crippen LogP contribution in [0.2, 0.25) is 0 Å². The first-order valence-electron chi connectivity index (χ1n) is 13.7. The number of nitrogens with zero attached hydrogens (tertiary/aromatic N) is 1. The van der Waals surface area contributed by atoms with Crippen molar-refractivity contribution in [2.45, 2.75) is 26.5 Å². The quantitative estimate of drug-likeness (QED) is 0.137. The maximum absolute atomic E-state index is 13.7. The number of methoxy groups -OCH3 is 3. The fourth-order valence-electron chi connectivity index (χ4n) is 5.34. The highest BCUT2D eigenvalue weighted by molar-refractivity contribution is 6.51. The first-order chi connectivity index (χ1) is 20.8. The van der Waals surface area contributed by atoms with E-state index in [9.17, 15) is 14.7 Å². The van der Waals surface area contributed by atoms with Crippen LogP contribution in [0.1, 0.15) is 33.9 Å². The summed E-state index contributed by atoms with van der Waals surface area (Å²) in [4.78, 5) is 28.8.